The van der Waals surface area contributed by atoms with Gasteiger partial charge >= 0.3 is 15.6 Å². The van der Waals surface area contributed by atoms with Gasteiger partial charge in [-0.15, -0.1) is 0 Å². The number of alkyl halides is 3. The number of unbranched alkanes of at least 4 members (excludes halogenated alkanes) is 2. The normalized spacial score (nSPS) is 14.9. The van der Waals surface area contributed by atoms with Crippen molar-refractivity contribution >= 4 is 27.1 Å². The first-order valence-electron chi connectivity index (χ1n) is 6.99. The Hall–Kier alpha value is -0.280. The summed E-state index contributed by atoms with van der Waals surface area (Å²) in [5.41, 5.74) is -5.92. The molecule has 0 rings (SSSR count). The maximum absolute atomic E-state index is 12.4. The van der Waals surface area contributed by atoms with Crippen molar-refractivity contribution in [2.75, 3.05) is 11.5 Å². The number of Topliss-reactive ketones (excluding diaryl/α,β-unsaturated/α-hetero) is 1. The molecule has 4 nitrogen and oxygen atoms in total. The summed E-state index contributed by atoms with van der Waals surface area (Å²) in [7, 11) is -5.68. The van der Waals surface area contributed by atoms with Gasteiger partial charge in [-0.05, 0) is 10.1 Å². The Morgan fingerprint density at radius 2 is 1.68 bits per heavy atom. The molecule has 0 aromatic heterocycles. The molecule has 9 heteroatoms. The standard InChI is InChI=1S/C13H24F3O4S2/c1-5-6-7-8-11(17)9-21(10-12(2,3)4)20-22(18,19)13(14,15)16/h5-10H2,1-4H3/q+1. The minimum absolute atomic E-state index is 0.0713. The quantitative estimate of drug-likeness (QED) is 0.356. The first-order chi connectivity index (χ1) is 9.78. The molecule has 0 bridgehead atoms. The van der Waals surface area contributed by atoms with Gasteiger partial charge < -0.3 is 0 Å². The first kappa shape index (κ1) is 21.7. The van der Waals surface area contributed by atoms with Crippen molar-refractivity contribution in [3.63, 3.8) is 0 Å². The largest absolute Gasteiger partial charge is 0.527 e. The van der Waals surface area contributed by atoms with Gasteiger partial charge in [-0.2, -0.15) is 21.6 Å². The molecule has 22 heavy (non-hydrogen) atoms. The molecule has 0 aromatic carbocycles. The molecule has 0 aliphatic heterocycles. The number of hydrogen-bond acceptors (Lipinski definition) is 4. The zero-order valence-corrected chi connectivity index (χ0v) is 15.0. The number of rotatable bonds is 9. The van der Waals surface area contributed by atoms with E-state index in [1.54, 1.807) is 20.8 Å². The van der Waals surface area contributed by atoms with Crippen LogP contribution in [0.3, 0.4) is 0 Å². The predicted octanol–water partition coefficient (Wildman–Crippen LogP) is 3.58. The van der Waals surface area contributed by atoms with E-state index in [0.29, 0.717) is 6.42 Å². The average molecular weight is 365 g/mol. The van der Waals surface area contributed by atoms with Gasteiger partial charge in [0, 0.05) is 11.8 Å². The van der Waals surface area contributed by atoms with Gasteiger partial charge in [0.25, 0.3) is 0 Å². The molecule has 0 aliphatic carbocycles. The molecule has 0 N–H and O–H groups in total. The highest BCUT2D eigenvalue weighted by molar-refractivity contribution is 8.03. The third-order valence-corrected chi connectivity index (χ3v) is 6.33. The summed E-state index contributed by atoms with van der Waals surface area (Å²) in [6.07, 6.45) is 2.64. The fourth-order valence-corrected chi connectivity index (χ4v) is 4.85. The van der Waals surface area contributed by atoms with Crippen LogP contribution in [0.15, 0.2) is 0 Å². The molecule has 1 atom stereocenters. The molecule has 1 unspecified atom stereocenters. The molecular formula is C13H24F3O4S2+. The number of halogens is 3. The summed E-state index contributed by atoms with van der Waals surface area (Å²) >= 11 is -1.60. The fourth-order valence-electron chi connectivity index (χ4n) is 1.57. The van der Waals surface area contributed by atoms with E-state index in [-0.39, 0.29) is 23.7 Å². The number of hydrogen-bond donors (Lipinski definition) is 0. The van der Waals surface area contributed by atoms with Gasteiger partial charge in [-0.3, -0.25) is 4.79 Å². The number of ketones is 1. The highest BCUT2D eigenvalue weighted by Gasteiger charge is 2.53. The topological polar surface area (TPSA) is 60.4 Å². The van der Waals surface area contributed by atoms with Crippen molar-refractivity contribution in [3.8, 4) is 0 Å². The lowest BCUT2D eigenvalue weighted by Gasteiger charge is -2.17. The Balaban J connectivity index is 4.89. The van der Waals surface area contributed by atoms with Gasteiger partial charge in [0.1, 0.15) is 5.75 Å². The highest BCUT2D eigenvalue weighted by atomic mass is 32.3. The maximum Gasteiger partial charge on any atom is 0.527 e. The molecule has 0 aliphatic rings. The van der Waals surface area contributed by atoms with Gasteiger partial charge in [0.05, 0.1) is 0 Å². The van der Waals surface area contributed by atoms with E-state index in [1.807, 2.05) is 6.92 Å². The minimum Gasteiger partial charge on any atom is -0.294 e. The van der Waals surface area contributed by atoms with E-state index in [2.05, 4.69) is 3.63 Å². The van der Waals surface area contributed by atoms with Crippen molar-refractivity contribution in [1.29, 1.82) is 0 Å². The SMILES string of the molecule is CCCCCC(=O)C[S+](CC(C)(C)C)OS(=O)(=O)C(F)(F)F. The molecule has 0 amide bonds. The van der Waals surface area contributed by atoms with Crippen LogP contribution in [0.2, 0.25) is 0 Å². The van der Waals surface area contributed by atoms with Crippen LogP contribution in [0.4, 0.5) is 13.2 Å². The Morgan fingerprint density at radius 1 is 1.14 bits per heavy atom. The molecule has 132 valence electrons. The summed E-state index contributed by atoms with van der Waals surface area (Å²) in [6, 6.07) is 0. The van der Waals surface area contributed by atoms with E-state index in [4.69, 9.17) is 0 Å². The van der Waals surface area contributed by atoms with Crippen LogP contribution >= 0.6 is 0 Å². The molecule has 0 aromatic rings. The van der Waals surface area contributed by atoms with Gasteiger partial charge in [-0.1, -0.05) is 40.5 Å². The predicted molar refractivity (Wildman–Crippen MR) is 81.8 cm³/mol. The average Bonchev–Trinajstić information content (AvgIpc) is 2.24. The minimum atomic E-state index is -5.68. The Labute approximate surface area is 133 Å². The van der Waals surface area contributed by atoms with Gasteiger partial charge in [-0.25, -0.2) is 0 Å². The van der Waals surface area contributed by atoms with Gasteiger partial charge in [0.15, 0.2) is 17.0 Å². The first-order valence-corrected chi connectivity index (χ1v) is 9.88. The summed E-state index contributed by atoms with van der Waals surface area (Å²) < 4.78 is 63.8. The van der Waals surface area contributed by atoms with Crippen LogP contribution in [0.5, 0.6) is 0 Å². The van der Waals surface area contributed by atoms with Crippen molar-refractivity contribution in [2.24, 2.45) is 5.41 Å². The second-order valence-corrected chi connectivity index (χ2v) is 9.63. The summed E-state index contributed by atoms with van der Waals surface area (Å²) in [5.74, 6) is -0.489. The van der Waals surface area contributed by atoms with E-state index in [1.165, 1.54) is 0 Å². The number of carbonyl (C=O) groups is 1. The summed E-state index contributed by atoms with van der Waals surface area (Å²) in [5, 5.41) is 0. The summed E-state index contributed by atoms with van der Waals surface area (Å²) in [4.78, 5) is 11.8. The zero-order chi connectivity index (χ0) is 17.6. The van der Waals surface area contributed by atoms with Crippen molar-refractivity contribution in [1.82, 2.24) is 0 Å². The zero-order valence-electron chi connectivity index (χ0n) is 13.3. The highest BCUT2D eigenvalue weighted by Crippen LogP contribution is 2.29. The third-order valence-electron chi connectivity index (χ3n) is 2.44. The molecule has 0 radical (unpaired) electrons. The lowest BCUT2D eigenvalue weighted by Crippen LogP contribution is -2.35. The maximum atomic E-state index is 12.4. The van der Waals surface area contributed by atoms with Crippen LogP contribution in [0.1, 0.15) is 53.4 Å². The van der Waals surface area contributed by atoms with Crippen molar-refractivity contribution in [3.05, 3.63) is 0 Å². The molecule has 0 saturated heterocycles. The molecule has 0 spiro atoms. The van der Waals surface area contributed by atoms with E-state index in [0.717, 1.165) is 12.8 Å². The van der Waals surface area contributed by atoms with Crippen LogP contribution in [0.25, 0.3) is 0 Å². The van der Waals surface area contributed by atoms with E-state index < -0.39 is 32.2 Å². The lowest BCUT2D eigenvalue weighted by molar-refractivity contribution is -0.116. The van der Waals surface area contributed by atoms with Crippen molar-refractivity contribution in [2.45, 2.75) is 58.9 Å². The van der Waals surface area contributed by atoms with Gasteiger partial charge in [0.2, 0.25) is 5.75 Å². The second-order valence-electron chi connectivity index (χ2n) is 6.25. The second kappa shape index (κ2) is 8.54. The smallest absolute Gasteiger partial charge is 0.294 e. The van der Waals surface area contributed by atoms with Crippen LogP contribution in [0, 0.1) is 5.41 Å². The molecule has 0 saturated carbocycles. The monoisotopic (exact) mass is 365 g/mol. The molecular weight excluding hydrogens is 341 g/mol. The van der Waals surface area contributed by atoms with Crippen LogP contribution < -0.4 is 0 Å². The summed E-state index contributed by atoms with van der Waals surface area (Å²) in [6.45, 7) is 7.21. The molecule has 0 fully saturated rings. The molecule has 0 heterocycles. The fraction of sp³-hybridized carbons (Fsp3) is 0.923. The van der Waals surface area contributed by atoms with Crippen LogP contribution in [-0.4, -0.2) is 31.2 Å². The Kier molecular flexibility index (Phi) is 8.43. The Morgan fingerprint density at radius 3 is 2.09 bits per heavy atom. The lowest BCUT2D eigenvalue weighted by atomic mass is 10.0. The van der Waals surface area contributed by atoms with E-state index >= 15 is 0 Å². The Bertz CT molecular complexity index is 453. The third kappa shape index (κ3) is 8.99. The van der Waals surface area contributed by atoms with Crippen molar-refractivity contribution < 1.29 is 30.0 Å². The van der Waals surface area contributed by atoms with Crippen LogP contribution in [-0.2, 0) is 29.7 Å². The number of carbonyl (C=O) groups excluding carboxylic acids is 1. The van der Waals surface area contributed by atoms with E-state index in [9.17, 15) is 26.4 Å².